The Morgan fingerprint density at radius 3 is 2.76 bits per heavy atom. The monoisotopic (exact) mass is 521 g/mol. The summed E-state index contributed by atoms with van der Waals surface area (Å²) in [4.78, 5) is 15.3. The Bertz CT molecular complexity index is 1230. The van der Waals surface area contributed by atoms with Crippen LogP contribution in [0.25, 0.3) is 0 Å². The van der Waals surface area contributed by atoms with Gasteiger partial charge in [0.15, 0.2) is 5.79 Å². The number of allylic oxidation sites excluding steroid dienone is 1. The number of esters is 1. The molecule has 2 saturated carbocycles. The number of benzene rings is 1. The van der Waals surface area contributed by atoms with Crippen molar-refractivity contribution in [3.63, 3.8) is 0 Å². The second kappa shape index (κ2) is 8.01. The molecule has 4 bridgehead atoms. The van der Waals surface area contributed by atoms with Crippen molar-refractivity contribution in [1.29, 1.82) is 0 Å². The number of rotatable bonds is 3. The Kier molecular flexibility index (Phi) is 5.27. The average Bonchev–Trinajstić information content (AvgIpc) is 3.10. The highest BCUT2D eigenvalue weighted by atomic mass is 16.7. The Balaban J connectivity index is 1.33. The maximum Gasteiger partial charge on any atom is 0.338 e. The normalized spacial score (nSPS) is 46.1. The minimum Gasteiger partial charge on any atom is -0.455 e. The number of ether oxygens (including phenoxy) is 3. The highest BCUT2D eigenvalue weighted by Crippen LogP contribution is 2.74. The Morgan fingerprint density at radius 1 is 1.18 bits per heavy atom. The summed E-state index contributed by atoms with van der Waals surface area (Å²) in [5.41, 5.74) is -0.0371. The summed E-state index contributed by atoms with van der Waals surface area (Å²) in [5, 5.41) is 23.7. The first-order valence-electron chi connectivity index (χ1n) is 14.2. The number of carbonyl (C=O) groups excluding carboxylic acids is 1. The van der Waals surface area contributed by atoms with Crippen LogP contribution in [0.4, 0.5) is 0 Å². The van der Waals surface area contributed by atoms with Crippen molar-refractivity contribution in [1.82, 2.24) is 4.90 Å². The number of carbonyl (C=O) groups is 1. The molecule has 0 amide bonds. The zero-order chi connectivity index (χ0) is 26.6. The second-order valence-corrected chi connectivity index (χ2v) is 12.9. The summed E-state index contributed by atoms with van der Waals surface area (Å²) in [6, 6.07) is 9.08. The van der Waals surface area contributed by atoms with Crippen LogP contribution in [0, 0.1) is 16.7 Å². The molecule has 8 unspecified atom stereocenters. The molecule has 3 saturated heterocycles. The SMILES string of the molecule is CC(OC(=O)c1ccccc1)C1=CCC23OCCN(C)CC12CC(O)C12OC4(O)CCC1(C)C(CC=C32)C4. The molecule has 0 radical (unpaired) electrons. The van der Waals surface area contributed by atoms with Gasteiger partial charge in [0, 0.05) is 36.8 Å². The third-order valence-corrected chi connectivity index (χ3v) is 11.2. The van der Waals surface area contributed by atoms with Gasteiger partial charge in [0.2, 0.25) is 0 Å². The van der Waals surface area contributed by atoms with E-state index in [1.807, 2.05) is 25.1 Å². The van der Waals surface area contributed by atoms with Gasteiger partial charge in [-0.1, -0.05) is 37.3 Å². The molecule has 3 heterocycles. The van der Waals surface area contributed by atoms with E-state index < -0.39 is 34.6 Å². The van der Waals surface area contributed by atoms with Gasteiger partial charge in [0.05, 0.1) is 18.3 Å². The predicted octanol–water partition coefficient (Wildman–Crippen LogP) is 3.61. The van der Waals surface area contributed by atoms with Crippen LogP contribution < -0.4 is 0 Å². The Morgan fingerprint density at radius 2 is 1.97 bits per heavy atom. The average molecular weight is 522 g/mol. The van der Waals surface area contributed by atoms with Crippen molar-refractivity contribution in [2.75, 3.05) is 26.7 Å². The number of aliphatic hydroxyl groups excluding tert-OH is 1. The summed E-state index contributed by atoms with van der Waals surface area (Å²) < 4.78 is 19.8. The van der Waals surface area contributed by atoms with Crippen LogP contribution in [-0.2, 0) is 14.2 Å². The van der Waals surface area contributed by atoms with Gasteiger partial charge in [0.1, 0.15) is 17.3 Å². The lowest BCUT2D eigenvalue weighted by molar-refractivity contribution is -0.401. The first-order chi connectivity index (χ1) is 18.1. The molecular weight excluding hydrogens is 482 g/mol. The van der Waals surface area contributed by atoms with Gasteiger partial charge in [-0.15, -0.1) is 0 Å². The van der Waals surface area contributed by atoms with Crippen LogP contribution in [0.2, 0.25) is 0 Å². The zero-order valence-corrected chi connectivity index (χ0v) is 22.6. The Hall–Kier alpha value is -2.03. The van der Waals surface area contributed by atoms with Crippen molar-refractivity contribution in [3.8, 4) is 0 Å². The second-order valence-electron chi connectivity index (χ2n) is 12.9. The molecule has 0 aromatic heterocycles. The van der Waals surface area contributed by atoms with Crippen LogP contribution in [0.15, 0.2) is 53.6 Å². The molecule has 8 rings (SSSR count). The molecule has 1 aromatic rings. The molecule has 38 heavy (non-hydrogen) atoms. The molecule has 7 aliphatic rings. The first kappa shape index (κ1) is 25.0. The van der Waals surface area contributed by atoms with Gasteiger partial charge in [-0.25, -0.2) is 4.79 Å². The van der Waals surface area contributed by atoms with Gasteiger partial charge in [0.25, 0.3) is 0 Å². The molecule has 5 fully saturated rings. The fraction of sp³-hybridized carbons (Fsp3) is 0.645. The van der Waals surface area contributed by atoms with Gasteiger partial charge in [-0.05, 0) is 68.9 Å². The molecule has 204 valence electrons. The topological polar surface area (TPSA) is 88.5 Å². The summed E-state index contributed by atoms with van der Waals surface area (Å²) in [6.45, 7) is 6.21. The molecule has 3 aliphatic heterocycles. The summed E-state index contributed by atoms with van der Waals surface area (Å²) in [7, 11) is 2.09. The van der Waals surface area contributed by atoms with E-state index >= 15 is 0 Å². The van der Waals surface area contributed by atoms with Crippen molar-refractivity contribution in [2.24, 2.45) is 16.7 Å². The van der Waals surface area contributed by atoms with E-state index in [0.29, 0.717) is 44.4 Å². The number of hydrogen-bond acceptors (Lipinski definition) is 7. The summed E-state index contributed by atoms with van der Waals surface area (Å²) in [5.74, 6) is -1.31. The van der Waals surface area contributed by atoms with Gasteiger partial charge in [-0.2, -0.15) is 0 Å². The molecule has 8 atom stereocenters. The van der Waals surface area contributed by atoms with E-state index in [9.17, 15) is 15.0 Å². The smallest absolute Gasteiger partial charge is 0.338 e. The first-order valence-corrected chi connectivity index (χ1v) is 14.2. The predicted molar refractivity (Wildman–Crippen MR) is 140 cm³/mol. The quantitative estimate of drug-likeness (QED) is 0.464. The van der Waals surface area contributed by atoms with Gasteiger partial charge in [-0.3, -0.25) is 0 Å². The highest BCUT2D eigenvalue weighted by Gasteiger charge is 2.79. The highest BCUT2D eigenvalue weighted by molar-refractivity contribution is 5.89. The van der Waals surface area contributed by atoms with Crippen molar-refractivity contribution < 1.29 is 29.2 Å². The van der Waals surface area contributed by atoms with Crippen molar-refractivity contribution >= 4 is 5.97 Å². The van der Waals surface area contributed by atoms with Gasteiger partial charge < -0.3 is 29.3 Å². The fourth-order valence-corrected chi connectivity index (χ4v) is 9.48. The molecular formula is C31H39NO6. The van der Waals surface area contributed by atoms with E-state index in [-0.39, 0.29) is 17.3 Å². The van der Waals surface area contributed by atoms with Crippen LogP contribution >= 0.6 is 0 Å². The van der Waals surface area contributed by atoms with Crippen LogP contribution in [0.3, 0.4) is 0 Å². The molecule has 4 aliphatic carbocycles. The van der Waals surface area contributed by atoms with E-state index in [1.54, 1.807) is 12.1 Å². The van der Waals surface area contributed by atoms with Crippen molar-refractivity contribution in [2.45, 2.75) is 81.6 Å². The summed E-state index contributed by atoms with van der Waals surface area (Å²) >= 11 is 0. The molecule has 7 nitrogen and oxygen atoms in total. The third-order valence-electron chi connectivity index (χ3n) is 11.2. The number of hydrogen-bond donors (Lipinski definition) is 2. The maximum atomic E-state index is 13.1. The van der Waals surface area contributed by atoms with Crippen LogP contribution in [0.5, 0.6) is 0 Å². The molecule has 7 heteroatoms. The largest absolute Gasteiger partial charge is 0.455 e. The van der Waals surface area contributed by atoms with E-state index in [0.717, 1.165) is 30.5 Å². The fourth-order valence-electron chi connectivity index (χ4n) is 9.48. The number of likely N-dealkylation sites (N-methyl/N-ethyl adjacent to an activating group) is 1. The molecule has 1 aromatic carbocycles. The lowest BCUT2D eigenvalue weighted by atomic mass is 9.41. The lowest BCUT2D eigenvalue weighted by Crippen LogP contribution is -2.79. The summed E-state index contributed by atoms with van der Waals surface area (Å²) in [6.07, 6.45) is 7.08. The number of nitrogens with zero attached hydrogens (tertiary/aromatic N) is 1. The molecule has 1 spiro atoms. The maximum absolute atomic E-state index is 13.1. The zero-order valence-electron chi connectivity index (χ0n) is 22.6. The standard InChI is InChI=1S/C31H39NO6/c1-20(37-26(34)21-7-5-4-6-8-21)23-11-12-30-24-10-9-22-17-29(35)14-13-27(22,2)31(24,38-29)25(33)18-28(23,30)19-32(3)15-16-36-30/h4-8,10-11,20,22,25,33,35H,9,12-19H2,1-3H3. The lowest BCUT2D eigenvalue weighted by Gasteiger charge is -2.73. The van der Waals surface area contributed by atoms with E-state index in [1.165, 1.54) is 0 Å². The Labute approximate surface area is 224 Å². The molecule has 2 N–H and O–H groups in total. The van der Waals surface area contributed by atoms with Gasteiger partial charge >= 0.3 is 5.97 Å². The van der Waals surface area contributed by atoms with Crippen molar-refractivity contribution in [3.05, 3.63) is 59.2 Å². The number of fused-ring (bicyclic) bond motifs is 1. The van der Waals surface area contributed by atoms with Crippen LogP contribution in [-0.4, -0.2) is 77.0 Å². The third kappa shape index (κ3) is 2.95. The van der Waals surface area contributed by atoms with E-state index in [2.05, 4.69) is 31.0 Å². The van der Waals surface area contributed by atoms with E-state index in [4.69, 9.17) is 14.2 Å². The minimum absolute atomic E-state index is 0.255. The van der Waals surface area contributed by atoms with Crippen LogP contribution in [0.1, 0.15) is 62.7 Å². The number of aliphatic hydroxyl groups is 2. The minimum atomic E-state index is -1.21.